The van der Waals surface area contributed by atoms with E-state index >= 15 is 0 Å². The average molecular weight is 376 g/mol. The zero-order chi connectivity index (χ0) is 19.4. The lowest BCUT2D eigenvalue weighted by Crippen LogP contribution is -2.50. The van der Waals surface area contributed by atoms with Gasteiger partial charge in [0.2, 0.25) is 0 Å². The van der Waals surface area contributed by atoms with Crippen LogP contribution in [0.3, 0.4) is 0 Å². The zero-order valence-corrected chi connectivity index (χ0v) is 16.7. The lowest BCUT2D eigenvalue weighted by molar-refractivity contribution is 0.168. The van der Waals surface area contributed by atoms with Gasteiger partial charge in [-0.25, -0.2) is 8.78 Å². The minimum Gasteiger partial charge on any atom is -0.488 e. The molecule has 2 rings (SSSR count). The fraction of sp³-hybridized carbons (Fsp3) is 0.611. The SMILES string of the molecule is CC.CCCN(C(=S)NCC)C1COc2c(F)cc(F)cc2C1.CN. The number of benzene rings is 1. The Labute approximate surface area is 155 Å². The first-order valence-corrected chi connectivity index (χ1v) is 9.20. The number of nitrogens with zero attached hydrogens (tertiary/aromatic N) is 1. The van der Waals surface area contributed by atoms with Gasteiger partial charge in [-0.3, -0.25) is 0 Å². The summed E-state index contributed by atoms with van der Waals surface area (Å²) in [5, 5.41) is 3.79. The molecule has 0 bridgehead atoms. The van der Waals surface area contributed by atoms with E-state index < -0.39 is 11.6 Å². The molecule has 1 aromatic rings. The molecule has 0 aromatic heterocycles. The number of thiocarbonyl (C=S) groups is 1. The summed E-state index contributed by atoms with van der Waals surface area (Å²) < 4.78 is 32.5. The van der Waals surface area contributed by atoms with Gasteiger partial charge >= 0.3 is 0 Å². The highest BCUT2D eigenvalue weighted by molar-refractivity contribution is 7.80. The van der Waals surface area contributed by atoms with E-state index in [1.807, 2.05) is 25.7 Å². The predicted octanol–water partition coefficient (Wildman–Crippen LogP) is 3.48. The standard InChI is InChI=1S/C15H20F2N2OS.C2H6.CH5N/c1-3-5-19(15(21)18-4-2)12-7-10-6-11(16)8-13(17)14(10)20-9-12;2*1-2/h6,8,12H,3-5,7,9H2,1-2H3,(H,18,21);1-2H3;2H2,1H3. The Bertz CT molecular complexity index is 529. The Morgan fingerprint density at radius 2 is 1.96 bits per heavy atom. The Kier molecular flexibility index (Phi) is 12.1. The van der Waals surface area contributed by atoms with Crippen molar-refractivity contribution < 1.29 is 13.5 Å². The molecular formula is C18H31F2N3OS. The normalized spacial score (nSPS) is 14.6. The number of fused-ring (bicyclic) bond motifs is 1. The van der Waals surface area contributed by atoms with Crippen molar-refractivity contribution in [1.82, 2.24) is 10.2 Å². The third-order valence-corrected chi connectivity index (χ3v) is 3.83. The molecule has 4 nitrogen and oxygen atoms in total. The molecule has 1 aliphatic rings. The first-order valence-electron chi connectivity index (χ1n) is 8.79. The molecule has 0 saturated carbocycles. The number of nitrogens with two attached hydrogens (primary N) is 1. The van der Waals surface area contributed by atoms with E-state index in [0.717, 1.165) is 25.6 Å². The highest BCUT2D eigenvalue weighted by atomic mass is 32.1. The highest BCUT2D eigenvalue weighted by Gasteiger charge is 2.28. The average Bonchev–Trinajstić information content (AvgIpc) is 2.62. The summed E-state index contributed by atoms with van der Waals surface area (Å²) >= 11 is 5.38. The maximum Gasteiger partial charge on any atom is 0.169 e. The van der Waals surface area contributed by atoms with Crippen LogP contribution in [0.4, 0.5) is 8.78 Å². The number of nitrogens with one attached hydrogen (secondary N) is 1. The number of hydrogen-bond donors (Lipinski definition) is 2. The van der Waals surface area contributed by atoms with Crippen molar-refractivity contribution in [3.63, 3.8) is 0 Å². The number of halogens is 2. The molecule has 7 heteroatoms. The molecule has 0 amide bonds. The van der Waals surface area contributed by atoms with Crippen LogP contribution in [0, 0.1) is 11.6 Å². The molecular weight excluding hydrogens is 344 g/mol. The van der Waals surface area contributed by atoms with Crippen molar-refractivity contribution in [3.8, 4) is 5.75 Å². The van der Waals surface area contributed by atoms with Crippen LogP contribution in [0.5, 0.6) is 5.75 Å². The van der Waals surface area contributed by atoms with Gasteiger partial charge in [0.25, 0.3) is 0 Å². The Morgan fingerprint density at radius 1 is 1.32 bits per heavy atom. The van der Waals surface area contributed by atoms with E-state index in [-0.39, 0.29) is 11.8 Å². The minimum absolute atomic E-state index is 0.00907. The van der Waals surface area contributed by atoms with Crippen LogP contribution in [-0.4, -0.2) is 42.8 Å². The number of rotatable bonds is 4. The van der Waals surface area contributed by atoms with Gasteiger partial charge in [0, 0.05) is 24.7 Å². The fourth-order valence-electron chi connectivity index (χ4n) is 2.56. The lowest BCUT2D eigenvalue weighted by atomic mass is 10.0. The summed E-state index contributed by atoms with van der Waals surface area (Å²) in [5.74, 6) is -1.05. The zero-order valence-electron chi connectivity index (χ0n) is 15.9. The molecule has 1 atom stereocenters. The van der Waals surface area contributed by atoms with Gasteiger partial charge in [-0.1, -0.05) is 20.8 Å². The second-order valence-corrected chi connectivity index (χ2v) is 5.46. The van der Waals surface area contributed by atoms with E-state index in [0.29, 0.717) is 23.7 Å². The molecule has 25 heavy (non-hydrogen) atoms. The number of hydrogen-bond acceptors (Lipinski definition) is 3. The van der Waals surface area contributed by atoms with Gasteiger partial charge in [-0.05, 0) is 45.1 Å². The lowest BCUT2D eigenvalue weighted by Gasteiger charge is -2.36. The maximum atomic E-state index is 13.7. The summed E-state index contributed by atoms with van der Waals surface area (Å²) in [7, 11) is 1.50. The predicted molar refractivity (Wildman–Crippen MR) is 104 cm³/mol. The van der Waals surface area contributed by atoms with Crippen molar-refractivity contribution >= 4 is 17.3 Å². The van der Waals surface area contributed by atoms with E-state index in [4.69, 9.17) is 17.0 Å². The second-order valence-electron chi connectivity index (χ2n) is 5.07. The van der Waals surface area contributed by atoms with Crippen LogP contribution in [0.15, 0.2) is 12.1 Å². The Morgan fingerprint density at radius 3 is 2.52 bits per heavy atom. The summed E-state index contributed by atoms with van der Waals surface area (Å²) in [6.45, 7) is 9.92. The van der Waals surface area contributed by atoms with Crippen molar-refractivity contribution in [1.29, 1.82) is 0 Å². The topological polar surface area (TPSA) is 50.5 Å². The molecule has 0 aliphatic carbocycles. The molecule has 1 unspecified atom stereocenters. The Hall–Kier alpha value is -1.47. The van der Waals surface area contributed by atoms with Crippen LogP contribution in [-0.2, 0) is 6.42 Å². The molecule has 1 heterocycles. The quantitative estimate of drug-likeness (QED) is 0.789. The van der Waals surface area contributed by atoms with Crippen molar-refractivity contribution in [2.24, 2.45) is 5.73 Å². The van der Waals surface area contributed by atoms with Gasteiger partial charge in [-0.2, -0.15) is 0 Å². The van der Waals surface area contributed by atoms with E-state index in [9.17, 15) is 8.78 Å². The smallest absolute Gasteiger partial charge is 0.169 e. The van der Waals surface area contributed by atoms with Crippen molar-refractivity contribution in [2.75, 3.05) is 26.7 Å². The largest absolute Gasteiger partial charge is 0.488 e. The molecule has 0 spiro atoms. The van der Waals surface area contributed by atoms with Gasteiger partial charge < -0.3 is 20.7 Å². The monoisotopic (exact) mass is 375 g/mol. The first-order chi connectivity index (χ1) is 12.1. The van der Waals surface area contributed by atoms with Gasteiger partial charge in [0.15, 0.2) is 16.7 Å². The fourth-order valence-corrected chi connectivity index (χ4v) is 2.95. The van der Waals surface area contributed by atoms with Gasteiger partial charge in [0.1, 0.15) is 12.4 Å². The highest BCUT2D eigenvalue weighted by Crippen LogP contribution is 2.30. The molecule has 0 radical (unpaired) electrons. The Balaban J connectivity index is 0.00000134. The van der Waals surface area contributed by atoms with Crippen LogP contribution in [0.2, 0.25) is 0 Å². The second kappa shape index (κ2) is 12.8. The third-order valence-electron chi connectivity index (χ3n) is 3.46. The molecule has 1 aromatic carbocycles. The summed E-state index contributed by atoms with van der Waals surface area (Å²) in [5.41, 5.74) is 5.06. The summed E-state index contributed by atoms with van der Waals surface area (Å²) in [6.07, 6.45) is 1.46. The van der Waals surface area contributed by atoms with E-state index in [2.05, 4.69) is 18.0 Å². The molecule has 0 fully saturated rings. The minimum atomic E-state index is -0.639. The first kappa shape index (κ1) is 23.5. The van der Waals surface area contributed by atoms with Crippen molar-refractivity contribution in [3.05, 3.63) is 29.3 Å². The number of ether oxygens (including phenoxy) is 1. The third kappa shape index (κ3) is 6.74. The molecule has 3 N–H and O–H groups in total. The maximum absolute atomic E-state index is 13.7. The van der Waals surface area contributed by atoms with Crippen molar-refractivity contribution in [2.45, 2.75) is 46.6 Å². The van der Waals surface area contributed by atoms with E-state index in [1.165, 1.54) is 13.1 Å². The van der Waals surface area contributed by atoms with Crippen LogP contribution >= 0.6 is 12.2 Å². The van der Waals surface area contributed by atoms with E-state index in [1.54, 1.807) is 0 Å². The van der Waals surface area contributed by atoms with Gasteiger partial charge in [0.05, 0.1) is 6.04 Å². The van der Waals surface area contributed by atoms with Crippen LogP contribution < -0.4 is 15.8 Å². The van der Waals surface area contributed by atoms with Crippen LogP contribution in [0.25, 0.3) is 0 Å². The molecule has 144 valence electrons. The molecule has 1 aliphatic heterocycles. The summed E-state index contributed by atoms with van der Waals surface area (Å²) in [4.78, 5) is 2.05. The van der Waals surface area contributed by atoms with Gasteiger partial charge in [-0.15, -0.1) is 0 Å². The molecule has 0 saturated heterocycles. The van der Waals surface area contributed by atoms with Crippen LogP contribution in [0.1, 0.15) is 39.7 Å². The summed E-state index contributed by atoms with van der Waals surface area (Å²) in [6, 6.07) is 2.18.